The summed E-state index contributed by atoms with van der Waals surface area (Å²) >= 11 is 0. The van der Waals surface area contributed by atoms with E-state index in [9.17, 15) is 9.59 Å². The van der Waals surface area contributed by atoms with Gasteiger partial charge in [0.25, 0.3) is 11.5 Å². The molecule has 0 bridgehead atoms. The first-order valence-corrected chi connectivity index (χ1v) is 11.7. The zero-order chi connectivity index (χ0) is 24.9. The smallest absolute Gasteiger partial charge is 0.264 e. The molecule has 2 aromatic carbocycles. The first-order valence-electron chi connectivity index (χ1n) is 11.7. The number of carbonyl (C=O) groups excluding carboxylic acids is 1. The standard InChI is InChI=1S/C28H24N6O2/c1-33-16-22(23-24(29)30-17-31-25(23)33)18-9-11-20(12-10-18)32-26(35)21-8-5-15-34(27(21)36)28(13-14-28)19-6-3-2-4-7-19/h2-12,15-17H,13-14H2,1H3,(H,32,35)(H2,29,30,31). The van der Waals surface area contributed by atoms with E-state index in [0.717, 1.165) is 40.6 Å². The van der Waals surface area contributed by atoms with Gasteiger partial charge in [-0.1, -0.05) is 42.5 Å². The van der Waals surface area contributed by atoms with E-state index in [-0.39, 0.29) is 16.7 Å². The van der Waals surface area contributed by atoms with Gasteiger partial charge in [0.1, 0.15) is 23.4 Å². The number of nitrogens with zero attached hydrogens (tertiary/aromatic N) is 4. The molecule has 3 heterocycles. The van der Waals surface area contributed by atoms with E-state index in [1.165, 1.54) is 6.33 Å². The summed E-state index contributed by atoms with van der Waals surface area (Å²) in [4.78, 5) is 34.9. The van der Waals surface area contributed by atoms with Gasteiger partial charge in [0, 0.05) is 30.7 Å². The number of carbonyl (C=O) groups is 1. The van der Waals surface area contributed by atoms with Crippen LogP contribution in [0.5, 0.6) is 0 Å². The zero-order valence-corrected chi connectivity index (χ0v) is 19.7. The van der Waals surface area contributed by atoms with Crippen molar-refractivity contribution in [3.63, 3.8) is 0 Å². The number of fused-ring (bicyclic) bond motifs is 1. The number of rotatable bonds is 5. The fourth-order valence-electron chi connectivity index (χ4n) is 4.92. The topological polar surface area (TPSA) is 108 Å². The van der Waals surface area contributed by atoms with Crippen LogP contribution in [0.25, 0.3) is 22.2 Å². The quantitative estimate of drug-likeness (QED) is 0.396. The van der Waals surface area contributed by atoms with Gasteiger partial charge in [-0.3, -0.25) is 9.59 Å². The minimum absolute atomic E-state index is 0.114. The van der Waals surface area contributed by atoms with Crippen LogP contribution >= 0.6 is 0 Å². The molecule has 0 aliphatic heterocycles. The molecular weight excluding hydrogens is 452 g/mol. The Morgan fingerprint density at radius 2 is 1.75 bits per heavy atom. The second-order valence-corrected chi connectivity index (χ2v) is 9.14. The number of nitrogens with two attached hydrogens (primary N) is 1. The van der Waals surface area contributed by atoms with Crippen LogP contribution in [0.15, 0.2) is 90.2 Å². The molecule has 1 aliphatic rings. The van der Waals surface area contributed by atoms with E-state index in [2.05, 4.69) is 15.3 Å². The van der Waals surface area contributed by atoms with E-state index in [0.29, 0.717) is 11.5 Å². The first kappa shape index (κ1) is 21.8. The molecule has 1 aliphatic carbocycles. The van der Waals surface area contributed by atoms with Gasteiger partial charge in [0.2, 0.25) is 0 Å². The molecule has 0 unspecified atom stereocenters. The lowest BCUT2D eigenvalue weighted by Gasteiger charge is -2.20. The maximum atomic E-state index is 13.3. The number of anilines is 2. The lowest BCUT2D eigenvalue weighted by molar-refractivity contribution is 0.102. The highest BCUT2D eigenvalue weighted by atomic mass is 16.2. The van der Waals surface area contributed by atoms with Crippen molar-refractivity contribution in [3.8, 4) is 11.1 Å². The number of amides is 1. The van der Waals surface area contributed by atoms with E-state index in [1.807, 2.05) is 60.3 Å². The number of nitrogen functional groups attached to an aromatic ring is 1. The second-order valence-electron chi connectivity index (χ2n) is 9.14. The van der Waals surface area contributed by atoms with Gasteiger partial charge in [-0.05, 0) is 48.2 Å². The van der Waals surface area contributed by atoms with Crippen LogP contribution in [0.2, 0.25) is 0 Å². The van der Waals surface area contributed by atoms with Gasteiger partial charge in [-0.15, -0.1) is 0 Å². The van der Waals surface area contributed by atoms with Crippen LogP contribution in [0.4, 0.5) is 11.5 Å². The lowest BCUT2D eigenvalue weighted by Crippen LogP contribution is -2.35. The molecule has 1 saturated carbocycles. The van der Waals surface area contributed by atoms with Gasteiger partial charge in [0.05, 0.1) is 10.9 Å². The molecule has 0 radical (unpaired) electrons. The van der Waals surface area contributed by atoms with Crippen molar-refractivity contribution in [3.05, 3.63) is 107 Å². The third-order valence-corrected chi connectivity index (χ3v) is 6.92. The van der Waals surface area contributed by atoms with E-state index in [4.69, 9.17) is 5.73 Å². The number of nitrogens with one attached hydrogen (secondary N) is 1. The van der Waals surface area contributed by atoms with Gasteiger partial charge < -0.3 is 20.2 Å². The highest BCUT2D eigenvalue weighted by Gasteiger charge is 2.47. The predicted molar refractivity (Wildman–Crippen MR) is 140 cm³/mol. The summed E-state index contributed by atoms with van der Waals surface area (Å²) < 4.78 is 3.61. The Hall–Kier alpha value is -4.72. The predicted octanol–water partition coefficient (Wildman–Crippen LogP) is 4.17. The molecule has 6 rings (SSSR count). The number of benzene rings is 2. The Labute approximate surface area is 207 Å². The van der Waals surface area contributed by atoms with Crippen molar-refractivity contribution in [1.82, 2.24) is 19.1 Å². The molecular formula is C28H24N6O2. The molecule has 3 aromatic heterocycles. The Morgan fingerprint density at radius 3 is 2.47 bits per heavy atom. The minimum atomic E-state index is -0.436. The summed E-state index contributed by atoms with van der Waals surface area (Å²) in [5, 5.41) is 3.65. The molecule has 36 heavy (non-hydrogen) atoms. The largest absolute Gasteiger partial charge is 0.383 e. The van der Waals surface area contributed by atoms with Gasteiger partial charge in [-0.25, -0.2) is 9.97 Å². The van der Waals surface area contributed by atoms with Crippen molar-refractivity contribution in [1.29, 1.82) is 0 Å². The van der Waals surface area contributed by atoms with E-state index in [1.54, 1.807) is 35.0 Å². The van der Waals surface area contributed by atoms with Crippen molar-refractivity contribution in [2.24, 2.45) is 7.05 Å². The monoisotopic (exact) mass is 476 g/mol. The Kier molecular flexibility index (Phi) is 4.96. The number of pyridine rings is 1. The maximum Gasteiger partial charge on any atom is 0.264 e. The van der Waals surface area contributed by atoms with Crippen LogP contribution in [0, 0.1) is 0 Å². The highest BCUT2D eigenvalue weighted by Crippen LogP contribution is 2.48. The third kappa shape index (κ3) is 3.46. The third-order valence-electron chi connectivity index (χ3n) is 6.92. The average molecular weight is 477 g/mol. The van der Waals surface area contributed by atoms with Gasteiger partial charge >= 0.3 is 0 Å². The van der Waals surface area contributed by atoms with Gasteiger partial charge in [0.15, 0.2) is 0 Å². The zero-order valence-electron chi connectivity index (χ0n) is 19.7. The van der Waals surface area contributed by atoms with Crippen LogP contribution in [0.3, 0.4) is 0 Å². The molecule has 3 N–H and O–H groups in total. The molecule has 5 aromatic rings. The number of hydrogen-bond donors (Lipinski definition) is 2. The summed E-state index contributed by atoms with van der Waals surface area (Å²) in [5.41, 5.74) is 9.81. The second kappa shape index (κ2) is 8.20. The number of aryl methyl sites for hydroxylation is 1. The highest BCUT2D eigenvalue weighted by molar-refractivity contribution is 6.04. The summed E-state index contributed by atoms with van der Waals surface area (Å²) in [6.45, 7) is 0. The molecule has 1 fully saturated rings. The Morgan fingerprint density at radius 1 is 1.00 bits per heavy atom. The van der Waals surface area contributed by atoms with Crippen LogP contribution < -0.4 is 16.6 Å². The molecule has 0 spiro atoms. The van der Waals surface area contributed by atoms with Gasteiger partial charge in [-0.2, -0.15) is 0 Å². The Balaban J connectivity index is 1.27. The van der Waals surface area contributed by atoms with E-state index < -0.39 is 5.91 Å². The fourth-order valence-corrected chi connectivity index (χ4v) is 4.92. The van der Waals surface area contributed by atoms with Crippen LogP contribution in [-0.4, -0.2) is 25.0 Å². The van der Waals surface area contributed by atoms with Crippen molar-refractivity contribution in [2.75, 3.05) is 11.1 Å². The minimum Gasteiger partial charge on any atom is -0.383 e. The molecule has 8 nitrogen and oxygen atoms in total. The Bertz CT molecular complexity index is 1660. The SMILES string of the molecule is Cn1cc(-c2ccc(NC(=O)c3cccn(C4(c5ccccc5)CC4)c3=O)cc2)c2c(N)ncnc21. The summed E-state index contributed by atoms with van der Waals surface area (Å²) in [7, 11) is 1.91. The van der Waals surface area contributed by atoms with Crippen LogP contribution in [0.1, 0.15) is 28.8 Å². The summed E-state index contributed by atoms with van der Waals surface area (Å²) in [6, 6.07) is 20.7. The number of aromatic nitrogens is 4. The lowest BCUT2D eigenvalue weighted by atomic mass is 10.0. The van der Waals surface area contributed by atoms with E-state index >= 15 is 0 Å². The van der Waals surface area contributed by atoms with Crippen LogP contribution in [-0.2, 0) is 12.6 Å². The first-order chi connectivity index (χ1) is 17.5. The molecule has 178 valence electrons. The van der Waals surface area contributed by atoms with Crippen molar-refractivity contribution >= 4 is 28.4 Å². The molecule has 0 saturated heterocycles. The molecule has 0 atom stereocenters. The fraction of sp³-hybridized carbons (Fsp3) is 0.143. The summed E-state index contributed by atoms with van der Waals surface area (Å²) in [5.74, 6) is -0.0222. The molecule has 1 amide bonds. The molecule has 8 heteroatoms. The maximum absolute atomic E-state index is 13.3. The van der Waals surface area contributed by atoms with Crippen molar-refractivity contribution in [2.45, 2.75) is 18.4 Å². The average Bonchev–Trinajstić information content (AvgIpc) is 3.63. The normalized spacial score (nSPS) is 14.0. The number of hydrogen-bond acceptors (Lipinski definition) is 5. The van der Waals surface area contributed by atoms with Crippen molar-refractivity contribution < 1.29 is 4.79 Å². The summed E-state index contributed by atoms with van der Waals surface area (Å²) in [6.07, 6.45) is 6.91.